The maximum Gasteiger partial charge on any atom is 0.183 e. The number of nitrogens with zero attached hydrogens (tertiary/aromatic N) is 2. The number of thiophene rings is 1. The first-order valence-electron chi connectivity index (χ1n) is 7.14. The van der Waals surface area contributed by atoms with Crippen LogP contribution in [0.15, 0.2) is 30.3 Å². The second kappa shape index (κ2) is 5.45. The Hall–Kier alpha value is -1.94. The summed E-state index contributed by atoms with van der Waals surface area (Å²) in [4.78, 5) is 19.5. The second-order valence-electron chi connectivity index (χ2n) is 5.21. The molecule has 0 aliphatic carbocycles. The van der Waals surface area contributed by atoms with E-state index in [0.717, 1.165) is 33.7 Å². The lowest BCUT2D eigenvalue weighted by atomic mass is 10.1. The van der Waals surface area contributed by atoms with Gasteiger partial charge in [0.15, 0.2) is 5.78 Å². The van der Waals surface area contributed by atoms with E-state index in [0.29, 0.717) is 6.54 Å². The fourth-order valence-electron chi connectivity index (χ4n) is 2.71. The topological polar surface area (TPSA) is 34.9 Å². The first-order valence-corrected chi connectivity index (χ1v) is 7.96. The molecular weight excluding hydrogens is 280 g/mol. The zero-order valence-corrected chi connectivity index (χ0v) is 13.3. The molecule has 0 amide bonds. The molecule has 1 aromatic carbocycles. The highest BCUT2D eigenvalue weighted by Crippen LogP contribution is 2.23. The number of benzene rings is 1. The summed E-state index contributed by atoms with van der Waals surface area (Å²) in [7, 11) is 0. The Morgan fingerprint density at radius 3 is 2.71 bits per heavy atom. The minimum Gasteiger partial charge on any atom is -0.320 e. The van der Waals surface area contributed by atoms with E-state index in [1.807, 2.05) is 48.7 Å². The maximum atomic E-state index is 12.6. The van der Waals surface area contributed by atoms with Gasteiger partial charge in [0.2, 0.25) is 0 Å². The third kappa shape index (κ3) is 2.51. The zero-order chi connectivity index (χ0) is 15.0. The molecule has 3 aromatic rings. The van der Waals surface area contributed by atoms with Crippen LogP contribution >= 0.6 is 11.3 Å². The van der Waals surface area contributed by atoms with Crippen molar-refractivity contribution in [1.29, 1.82) is 0 Å². The van der Waals surface area contributed by atoms with Crippen molar-refractivity contribution in [1.82, 2.24) is 9.55 Å². The first kappa shape index (κ1) is 14.0. The third-order valence-electron chi connectivity index (χ3n) is 3.69. The van der Waals surface area contributed by atoms with Gasteiger partial charge < -0.3 is 4.57 Å². The number of Topliss-reactive ketones (excluding diaryl/α,β-unsaturated/α-hetero) is 1. The lowest BCUT2D eigenvalue weighted by Crippen LogP contribution is -2.13. The minimum absolute atomic E-state index is 0.162. The van der Waals surface area contributed by atoms with Crippen molar-refractivity contribution >= 4 is 28.2 Å². The lowest BCUT2D eigenvalue weighted by molar-refractivity contribution is 0.0972. The molecule has 0 bridgehead atoms. The number of carbonyl (C=O) groups is 1. The highest BCUT2D eigenvalue weighted by Gasteiger charge is 2.16. The quantitative estimate of drug-likeness (QED) is 0.678. The summed E-state index contributed by atoms with van der Waals surface area (Å²) >= 11 is 1.68. The maximum absolute atomic E-state index is 12.6. The molecule has 0 spiro atoms. The molecule has 0 aliphatic rings. The van der Waals surface area contributed by atoms with Gasteiger partial charge in [0.05, 0.1) is 17.6 Å². The van der Waals surface area contributed by atoms with Crippen molar-refractivity contribution in [2.75, 3.05) is 0 Å². The van der Waals surface area contributed by atoms with Crippen LogP contribution in [0.2, 0.25) is 0 Å². The smallest absolute Gasteiger partial charge is 0.183 e. The number of aromatic nitrogens is 2. The van der Waals surface area contributed by atoms with Gasteiger partial charge in [-0.15, -0.1) is 11.3 Å². The SMILES string of the molecule is CCc1nc2ccccc2n1CC(=O)c1cc(C)sc1C. The Bertz CT molecular complexity index is 813. The Balaban J connectivity index is 2.01. The third-order valence-corrected chi connectivity index (χ3v) is 4.66. The Morgan fingerprint density at radius 2 is 2.05 bits per heavy atom. The number of ketones is 1. The molecule has 0 unspecified atom stereocenters. The fourth-order valence-corrected chi connectivity index (χ4v) is 3.65. The van der Waals surface area contributed by atoms with Gasteiger partial charge in [-0.25, -0.2) is 4.98 Å². The van der Waals surface area contributed by atoms with E-state index in [2.05, 4.69) is 11.9 Å². The van der Waals surface area contributed by atoms with Crippen molar-refractivity contribution in [3.8, 4) is 0 Å². The van der Waals surface area contributed by atoms with E-state index in [1.165, 1.54) is 4.88 Å². The van der Waals surface area contributed by atoms with Crippen LogP contribution in [-0.2, 0) is 13.0 Å². The van der Waals surface area contributed by atoms with E-state index in [1.54, 1.807) is 11.3 Å². The van der Waals surface area contributed by atoms with Gasteiger partial charge >= 0.3 is 0 Å². The molecule has 2 aromatic heterocycles. The molecule has 0 aliphatic heterocycles. The first-order chi connectivity index (χ1) is 10.1. The van der Waals surface area contributed by atoms with Gasteiger partial charge in [0.25, 0.3) is 0 Å². The van der Waals surface area contributed by atoms with Crippen LogP contribution < -0.4 is 0 Å². The number of para-hydroxylation sites is 2. The standard InChI is InChI=1S/C17H18N2OS/c1-4-17-18-14-7-5-6-8-15(14)19(17)10-16(20)13-9-11(2)21-12(13)3/h5-9H,4,10H2,1-3H3. The Kier molecular flexibility index (Phi) is 3.64. The largest absolute Gasteiger partial charge is 0.320 e. The van der Waals surface area contributed by atoms with Gasteiger partial charge in [0.1, 0.15) is 5.82 Å². The van der Waals surface area contributed by atoms with Crippen LogP contribution in [0.25, 0.3) is 11.0 Å². The summed E-state index contributed by atoms with van der Waals surface area (Å²) in [6.45, 7) is 6.49. The molecule has 0 atom stereocenters. The molecule has 108 valence electrons. The summed E-state index contributed by atoms with van der Waals surface area (Å²) in [6.07, 6.45) is 0.823. The molecule has 0 saturated heterocycles. The van der Waals surface area contributed by atoms with Crippen LogP contribution in [0.1, 0.15) is 32.9 Å². The molecule has 3 rings (SSSR count). The van der Waals surface area contributed by atoms with Gasteiger partial charge in [-0.1, -0.05) is 19.1 Å². The number of fused-ring (bicyclic) bond motifs is 1. The number of hydrogen-bond donors (Lipinski definition) is 0. The predicted molar refractivity (Wildman–Crippen MR) is 87.2 cm³/mol. The van der Waals surface area contributed by atoms with Gasteiger partial charge in [-0.2, -0.15) is 0 Å². The highest BCUT2D eigenvalue weighted by molar-refractivity contribution is 7.12. The summed E-state index contributed by atoms with van der Waals surface area (Å²) in [6, 6.07) is 9.99. The van der Waals surface area contributed by atoms with Crippen LogP contribution in [-0.4, -0.2) is 15.3 Å². The zero-order valence-electron chi connectivity index (χ0n) is 12.5. The normalized spacial score (nSPS) is 11.2. The molecule has 2 heterocycles. The molecule has 3 nitrogen and oxygen atoms in total. The van der Waals surface area contributed by atoms with E-state index in [-0.39, 0.29) is 5.78 Å². The predicted octanol–water partition coefficient (Wildman–Crippen LogP) is 4.16. The number of carbonyl (C=O) groups excluding carboxylic acids is 1. The Morgan fingerprint density at radius 1 is 1.29 bits per heavy atom. The molecule has 0 saturated carbocycles. The average molecular weight is 298 g/mol. The van der Waals surface area contributed by atoms with Gasteiger partial charge in [0, 0.05) is 21.7 Å². The molecular formula is C17H18N2OS. The number of rotatable bonds is 4. The Labute approximate surface area is 128 Å². The molecule has 21 heavy (non-hydrogen) atoms. The van der Waals surface area contributed by atoms with Crippen LogP contribution in [0.4, 0.5) is 0 Å². The van der Waals surface area contributed by atoms with E-state index in [4.69, 9.17) is 0 Å². The second-order valence-corrected chi connectivity index (χ2v) is 6.67. The van der Waals surface area contributed by atoms with E-state index < -0.39 is 0 Å². The molecule has 4 heteroatoms. The number of aryl methyl sites for hydroxylation is 3. The lowest BCUT2D eigenvalue weighted by Gasteiger charge is -2.07. The van der Waals surface area contributed by atoms with Crippen molar-refractivity contribution in [2.45, 2.75) is 33.7 Å². The summed E-state index contributed by atoms with van der Waals surface area (Å²) < 4.78 is 2.05. The molecule has 0 fully saturated rings. The van der Waals surface area contributed by atoms with E-state index in [9.17, 15) is 4.79 Å². The summed E-state index contributed by atoms with van der Waals surface area (Å²) in [5.74, 6) is 1.13. The van der Waals surface area contributed by atoms with Crippen LogP contribution in [0, 0.1) is 13.8 Å². The molecule has 0 N–H and O–H groups in total. The van der Waals surface area contributed by atoms with Crippen molar-refractivity contribution in [3.05, 3.63) is 51.5 Å². The minimum atomic E-state index is 0.162. The van der Waals surface area contributed by atoms with Gasteiger partial charge in [-0.3, -0.25) is 4.79 Å². The van der Waals surface area contributed by atoms with Crippen molar-refractivity contribution in [2.24, 2.45) is 0 Å². The van der Waals surface area contributed by atoms with E-state index >= 15 is 0 Å². The highest BCUT2D eigenvalue weighted by atomic mass is 32.1. The monoisotopic (exact) mass is 298 g/mol. The summed E-state index contributed by atoms with van der Waals surface area (Å²) in [5.41, 5.74) is 2.84. The number of hydrogen-bond acceptors (Lipinski definition) is 3. The number of imidazole rings is 1. The average Bonchev–Trinajstić information content (AvgIpc) is 2.99. The van der Waals surface area contributed by atoms with Gasteiger partial charge in [-0.05, 0) is 32.0 Å². The van der Waals surface area contributed by atoms with Crippen LogP contribution in [0.3, 0.4) is 0 Å². The fraction of sp³-hybridized carbons (Fsp3) is 0.294. The van der Waals surface area contributed by atoms with Crippen molar-refractivity contribution < 1.29 is 4.79 Å². The molecule has 0 radical (unpaired) electrons. The summed E-state index contributed by atoms with van der Waals surface area (Å²) in [5, 5.41) is 0. The van der Waals surface area contributed by atoms with Crippen LogP contribution in [0.5, 0.6) is 0 Å². The van der Waals surface area contributed by atoms with Crippen molar-refractivity contribution in [3.63, 3.8) is 0 Å².